The monoisotopic (exact) mass is 237 g/mol. The number of aromatic nitrogens is 2. The molecule has 0 aliphatic heterocycles. The number of aryl methyl sites for hydroxylation is 2. The number of benzene rings is 1. The predicted octanol–water partition coefficient (Wildman–Crippen LogP) is 1.72. The van der Waals surface area contributed by atoms with Gasteiger partial charge in [0.25, 0.3) is 0 Å². The summed E-state index contributed by atoms with van der Waals surface area (Å²) in [5.74, 6) is 0.658. The molecule has 1 aromatic heterocycles. The van der Waals surface area contributed by atoms with E-state index in [4.69, 9.17) is 11.0 Å². The molecule has 5 nitrogen and oxygen atoms in total. The fraction of sp³-hybridized carbons (Fsp3) is 0.154. The summed E-state index contributed by atoms with van der Waals surface area (Å²) >= 11 is 0. The molecule has 0 atom stereocenters. The summed E-state index contributed by atoms with van der Waals surface area (Å²) in [6.07, 6.45) is 3.44. The molecule has 18 heavy (non-hydrogen) atoms. The van der Waals surface area contributed by atoms with Crippen molar-refractivity contribution in [2.45, 2.75) is 6.92 Å². The van der Waals surface area contributed by atoms with Gasteiger partial charge in [-0.05, 0) is 18.6 Å². The largest absolute Gasteiger partial charge is 0.397 e. The van der Waals surface area contributed by atoms with E-state index in [1.165, 1.54) is 0 Å². The number of anilines is 1. The Kier molecular flexibility index (Phi) is 2.75. The number of nitrogen functional groups attached to an aromatic ring is 1. The second kappa shape index (κ2) is 4.23. The van der Waals surface area contributed by atoms with E-state index in [-0.39, 0.29) is 5.69 Å². The van der Waals surface area contributed by atoms with E-state index < -0.39 is 0 Å². The lowest BCUT2D eigenvalue weighted by molar-refractivity contribution is 0.924. The van der Waals surface area contributed by atoms with Gasteiger partial charge in [-0.1, -0.05) is 0 Å². The van der Waals surface area contributed by atoms with Gasteiger partial charge in [0.15, 0.2) is 0 Å². The first-order valence-corrected chi connectivity index (χ1v) is 5.31. The van der Waals surface area contributed by atoms with Gasteiger partial charge in [0.05, 0.1) is 16.8 Å². The Labute approximate surface area is 105 Å². The van der Waals surface area contributed by atoms with Crippen LogP contribution in [0.1, 0.15) is 16.7 Å². The second-order valence-electron chi connectivity index (χ2n) is 3.99. The smallest absolute Gasteiger partial charge is 0.141 e. The molecule has 0 spiro atoms. The van der Waals surface area contributed by atoms with Gasteiger partial charge < -0.3 is 10.3 Å². The van der Waals surface area contributed by atoms with E-state index in [0.717, 1.165) is 5.56 Å². The van der Waals surface area contributed by atoms with Crippen molar-refractivity contribution in [1.82, 2.24) is 9.55 Å². The minimum atomic E-state index is 0.220. The second-order valence-corrected chi connectivity index (χ2v) is 3.99. The third-order valence-electron chi connectivity index (χ3n) is 2.85. The summed E-state index contributed by atoms with van der Waals surface area (Å²) in [7, 11) is 1.84. The molecule has 2 N–H and O–H groups in total. The summed E-state index contributed by atoms with van der Waals surface area (Å²) in [6.45, 7) is 1.79. The lowest BCUT2D eigenvalue weighted by atomic mass is 9.97. The van der Waals surface area contributed by atoms with Crippen LogP contribution in [0.3, 0.4) is 0 Å². The van der Waals surface area contributed by atoms with Crippen LogP contribution in [0.5, 0.6) is 0 Å². The SMILES string of the molecule is Cc1cc(-c2nccn2C)c(C#N)c(N)c1C#N. The molecule has 1 aromatic carbocycles. The Morgan fingerprint density at radius 1 is 1.28 bits per heavy atom. The summed E-state index contributed by atoms with van der Waals surface area (Å²) < 4.78 is 1.81. The number of hydrogen-bond donors (Lipinski definition) is 1. The van der Waals surface area contributed by atoms with Crippen molar-refractivity contribution in [1.29, 1.82) is 10.5 Å². The minimum Gasteiger partial charge on any atom is -0.397 e. The molecule has 0 amide bonds. The molecule has 0 aliphatic rings. The standard InChI is InChI=1S/C13H11N5/c1-8-5-9(13-17-3-4-18(13)2)11(7-15)12(16)10(8)6-14/h3-5H,16H2,1-2H3. The fourth-order valence-corrected chi connectivity index (χ4v) is 1.91. The van der Waals surface area contributed by atoms with Crippen molar-refractivity contribution in [2.24, 2.45) is 7.05 Å². The number of rotatable bonds is 1. The zero-order valence-corrected chi connectivity index (χ0v) is 10.1. The van der Waals surface area contributed by atoms with Gasteiger partial charge in [0, 0.05) is 25.0 Å². The Hall–Kier alpha value is -2.79. The Bertz CT molecular complexity index is 697. The van der Waals surface area contributed by atoms with Crippen molar-refractivity contribution in [3.8, 4) is 23.5 Å². The van der Waals surface area contributed by atoms with Gasteiger partial charge in [-0.25, -0.2) is 4.98 Å². The van der Waals surface area contributed by atoms with Gasteiger partial charge in [0.2, 0.25) is 0 Å². The highest BCUT2D eigenvalue weighted by Crippen LogP contribution is 2.30. The Morgan fingerprint density at radius 3 is 2.44 bits per heavy atom. The first kappa shape index (κ1) is 11.7. The molecule has 2 aromatic rings. The summed E-state index contributed by atoms with van der Waals surface area (Å²) in [6, 6.07) is 5.85. The van der Waals surface area contributed by atoms with Crippen molar-refractivity contribution in [3.63, 3.8) is 0 Å². The van der Waals surface area contributed by atoms with Gasteiger partial charge in [-0.3, -0.25) is 0 Å². The van der Waals surface area contributed by atoms with Crippen LogP contribution in [-0.4, -0.2) is 9.55 Å². The molecule has 0 fully saturated rings. The molecule has 88 valence electrons. The third-order valence-corrected chi connectivity index (χ3v) is 2.85. The molecule has 0 saturated carbocycles. The lowest BCUT2D eigenvalue weighted by Gasteiger charge is -2.10. The Balaban J connectivity index is 2.83. The zero-order valence-electron chi connectivity index (χ0n) is 10.1. The van der Waals surface area contributed by atoms with Crippen molar-refractivity contribution < 1.29 is 0 Å². The van der Waals surface area contributed by atoms with Crippen LogP contribution < -0.4 is 5.73 Å². The van der Waals surface area contributed by atoms with Crippen LogP contribution in [0.2, 0.25) is 0 Å². The number of nitrogens with two attached hydrogens (primary N) is 1. The topological polar surface area (TPSA) is 91.4 Å². The van der Waals surface area contributed by atoms with Crippen molar-refractivity contribution in [3.05, 3.63) is 35.2 Å². The predicted molar refractivity (Wildman–Crippen MR) is 67.2 cm³/mol. The van der Waals surface area contributed by atoms with Crippen LogP contribution in [0.15, 0.2) is 18.5 Å². The molecular formula is C13H11N5. The van der Waals surface area contributed by atoms with E-state index in [1.807, 2.05) is 13.1 Å². The van der Waals surface area contributed by atoms with Crippen molar-refractivity contribution >= 4 is 5.69 Å². The van der Waals surface area contributed by atoms with E-state index >= 15 is 0 Å². The minimum absolute atomic E-state index is 0.220. The maximum atomic E-state index is 9.22. The number of hydrogen-bond acceptors (Lipinski definition) is 4. The molecule has 0 bridgehead atoms. The van der Waals surface area contributed by atoms with E-state index in [0.29, 0.717) is 22.5 Å². The van der Waals surface area contributed by atoms with Gasteiger partial charge in [0.1, 0.15) is 18.0 Å². The normalized spacial score (nSPS) is 9.78. The van der Waals surface area contributed by atoms with E-state index in [2.05, 4.69) is 11.1 Å². The quantitative estimate of drug-likeness (QED) is 0.764. The van der Waals surface area contributed by atoms with E-state index in [1.54, 1.807) is 30.0 Å². The Morgan fingerprint density at radius 2 is 1.94 bits per heavy atom. The van der Waals surface area contributed by atoms with Crippen molar-refractivity contribution in [2.75, 3.05) is 5.73 Å². The molecule has 0 aliphatic carbocycles. The zero-order chi connectivity index (χ0) is 13.3. The first-order chi connectivity index (χ1) is 8.60. The molecule has 0 radical (unpaired) electrons. The van der Waals surface area contributed by atoms with Crippen LogP contribution in [0, 0.1) is 29.6 Å². The maximum absolute atomic E-state index is 9.22. The molecule has 0 unspecified atom stereocenters. The first-order valence-electron chi connectivity index (χ1n) is 5.31. The molecule has 0 saturated heterocycles. The average Bonchev–Trinajstić information content (AvgIpc) is 2.75. The van der Waals surface area contributed by atoms with Gasteiger partial charge >= 0.3 is 0 Å². The lowest BCUT2D eigenvalue weighted by Crippen LogP contribution is -2.02. The summed E-state index contributed by atoms with van der Waals surface area (Å²) in [5.41, 5.74) is 8.14. The van der Waals surface area contributed by atoms with Gasteiger partial charge in [-0.2, -0.15) is 10.5 Å². The van der Waals surface area contributed by atoms with Crippen LogP contribution in [0.25, 0.3) is 11.4 Å². The van der Waals surface area contributed by atoms with Gasteiger partial charge in [-0.15, -0.1) is 0 Å². The molecular weight excluding hydrogens is 226 g/mol. The third kappa shape index (κ3) is 1.59. The number of nitriles is 2. The molecule has 1 heterocycles. The van der Waals surface area contributed by atoms with Crippen LogP contribution in [-0.2, 0) is 7.05 Å². The van der Waals surface area contributed by atoms with E-state index in [9.17, 15) is 5.26 Å². The highest BCUT2D eigenvalue weighted by Gasteiger charge is 2.17. The average molecular weight is 237 g/mol. The fourth-order valence-electron chi connectivity index (χ4n) is 1.91. The highest BCUT2D eigenvalue weighted by atomic mass is 15.0. The highest BCUT2D eigenvalue weighted by molar-refractivity contribution is 5.79. The number of imidazole rings is 1. The molecule has 5 heteroatoms. The van der Waals surface area contributed by atoms with Crippen LogP contribution in [0.4, 0.5) is 5.69 Å². The number of nitrogens with zero attached hydrogens (tertiary/aromatic N) is 4. The van der Waals surface area contributed by atoms with Crippen LogP contribution >= 0.6 is 0 Å². The summed E-state index contributed by atoms with van der Waals surface area (Å²) in [5, 5.41) is 18.3. The maximum Gasteiger partial charge on any atom is 0.141 e. The summed E-state index contributed by atoms with van der Waals surface area (Å²) in [4.78, 5) is 4.21. The molecule has 2 rings (SSSR count).